The lowest BCUT2D eigenvalue weighted by Crippen LogP contribution is -2.06. The molecule has 0 bridgehead atoms. The second-order valence-electron chi connectivity index (χ2n) is 4.40. The van der Waals surface area contributed by atoms with Crippen LogP contribution in [0, 0.1) is 0 Å². The number of aromatic nitrogens is 1. The maximum absolute atomic E-state index is 12.2. The molecule has 1 aromatic heterocycles. The number of pyridine rings is 1. The van der Waals surface area contributed by atoms with Crippen LogP contribution in [-0.4, -0.2) is 11.6 Å². The number of hydrogen-bond donors (Lipinski definition) is 0. The number of alkyl halides is 3. The van der Waals surface area contributed by atoms with E-state index in [0.29, 0.717) is 0 Å². The Balaban J connectivity index is 2.18. The molecule has 0 N–H and O–H groups in total. The van der Waals surface area contributed by atoms with Crippen molar-refractivity contribution in [1.82, 2.24) is 4.98 Å². The van der Waals surface area contributed by atoms with E-state index in [0.717, 1.165) is 11.3 Å². The van der Waals surface area contributed by atoms with Crippen molar-refractivity contribution in [2.75, 3.05) is 0 Å². The Kier molecular flexibility index (Phi) is 5.06. The monoisotopic (exact) mass is 341 g/mol. The minimum atomic E-state index is -2.81. The summed E-state index contributed by atoms with van der Waals surface area (Å²) in [6, 6.07) is 12.4. The van der Waals surface area contributed by atoms with Gasteiger partial charge in [0.25, 0.3) is 0 Å². The minimum absolute atomic E-state index is 0.0291. The summed E-state index contributed by atoms with van der Waals surface area (Å²) >= 11 is 3.61. The van der Waals surface area contributed by atoms with Crippen LogP contribution < -0.4 is 4.74 Å². The summed E-state index contributed by atoms with van der Waals surface area (Å²) in [6.07, 6.45) is 1.74. The molecule has 1 aromatic carbocycles. The van der Waals surface area contributed by atoms with E-state index in [1.165, 1.54) is 6.07 Å². The van der Waals surface area contributed by atoms with Gasteiger partial charge in [-0.05, 0) is 29.8 Å². The Morgan fingerprint density at radius 3 is 2.60 bits per heavy atom. The number of nitrogens with zero attached hydrogens (tertiary/aromatic N) is 1. The first kappa shape index (κ1) is 14.9. The van der Waals surface area contributed by atoms with Gasteiger partial charge in [0.2, 0.25) is 0 Å². The molecular formula is C15H14BrF2NO. The highest BCUT2D eigenvalue weighted by molar-refractivity contribution is 9.09. The van der Waals surface area contributed by atoms with E-state index in [4.69, 9.17) is 0 Å². The molecule has 0 amide bonds. The van der Waals surface area contributed by atoms with E-state index in [1.54, 1.807) is 18.3 Å². The van der Waals surface area contributed by atoms with Crippen LogP contribution in [0.4, 0.5) is 8.78 Å². The van der Waals surface area contributed by atoms with E-state index in [1.807, 2.05) is 31.2 Å². The van der Waals surface area contributed by atoms with Crippen LogP contribution in [0.15, 0.2) is 48.7 Å². The topological polar surface area (TPSA) is 22.1 Å². The van der Waals surface area contributed by atoms with Gasteiger partial charge in [0.1, 0.15) is 5.75 Å². The van der Waals surface area contributed by atoms with Gasteiger partial charge in [0.15, 0.2) is 0 Å². The van der Waals surface area contributed by atoms with Crippen LogP contribution in [0.1, 0.15) is 28.9 Å². The lowest BCUT2D eigenvalue weighted by Gasteiger charge is -2.19. The highest BCUT2D eigenvalue weighted by Crippen LogP contribution is 2.37. The van der Waals surface area contributed by atoms with Gasteiger partial charge in [0, 0.05) is 22.6 Å². The van der Waals surface area contributed by atoms with Crippen LogP contribution in [0.25, 0.3) is 0 Å². The molecule has 2 atom stereocenters. The normalized spacial score (nSPS) is 14.1. The molecule has 106 valence electrons. The summed E-state index contributed by atoms with van der Waals surface area (Å²) < 4.78 is 28.9. The standard InChI is InChI=1S/C15H14BrF2NO/c1-10(13-7-2-3-8-19-13)14(16)11-5-4-6-12(9-11)20-15(17)18/h2-10,14-15H,1H3. The highest BCUT2D eigenvalue weighted by Gasteiger charge is 2.19. The highest BCUT2D eigenvalue weighted by atomic mass is 79.9. The van der Waals surface area contributed by atoms with Gasteiger partial charge in [-0.25, -0.2) is 0 Å². The molecule has 5 heteroatoms. The summed E-state index contributed by atoms with van der Waals surface area (Å²) in [7, 11) is 0. The van der Waals surface area contributed by atoms with Crippen molar-refractivity contribution in [1.29, 1.82) is 0 Å². The van der Waals surface area contributed by atoms with Crippen molar-refractivity contribution in [3.63, 3.8) is 0 Å². The zero-order chi connectivity index (χ0) is 14.5. The number of rotatable bonds is 5. The van der Waals surface area contributed by atoms with Gasteiger partial charge in [-0.2, -0.15) is 8.78 Å². The molecule has 2 unspecified atom stereocenters. The van der Waals surface area contributed by atoms with E-state index in [2.05, 4.69) is 25.7 Å². The van der Waals surface area contributed by atoms with Crippen LogP contribution in [0.2, 0.25) is 0 Å². The van der Waals surface area contributed by atoms with Crippen molar-refractivity contribution in [3.8, 4) is 5.75 Å². The second kappa shape index (κ2) is 6.79. The predicted molar refractivity (Wildman–Crippen MR) is 77.4 cm³/mol. The number of hydrogen-bond acceptors (Lipinski definition) is 2. The molecule has 0 saturated heterocycles. The third-order valence-corrected chi connectivity index (χ3v) is 4.32. The summed E-state index contributed by atoms with van der Waals surface area (Å²) in [5.74, 6) is 0.271. The third-order valence-electron chi connectivity index (χ3n) is 2.99. The molecular weight excluding hydrogens is 328 g/mol. The molecule has 0 aliphatic heterocycles. The third kappa shape index (κ3) is 3.76. The van der Waals surface area contributed by atoms with Gasteiger partial charge in [-0.15, -0.1) is 0 Å². The Labute approximate surface area is 124 Å². The summed E-state index contributed by atoms with van der Waals surface area (Å²) in [5, 5.41) is 0. The summed E-state index contributed by atoms with van der Waals surface area (Å²) in [5.41, 5.74) is 1.82. The Morgan fingerprint density at radius 2 is 1.95 bits per heavy atom. The fraction of sp³-hybridized carbons (Fsp3) is 0.267. The first-order valence-electron chi connectivity index (χ1n) is 6.17. The molecule has 2 aromatic rings. The Bertz CT molecular complexity index is 551. The molecule has 0 spiro atoms. The SMILES string of the molecule is CC(c1ccccn1)C(Br)c1cccc(OC(F)F)c1. The molecule has 0 aliphatic rings. The smallest absolute Gasteiger partial charge is 0.387 e. The van der Waals surface area contributed by atoms with Crippen molar-refractivity contribution in [2.45, 2.75) is 24.3 Å². The molecule has 2 rings (SSSR count). The van der Waals surface area contributed by atoms with Crippen LogP contribution in [-0.2, 0) is 0 Å². The number of ether oxygens (including phenoxy) is 1. The molecule has 0 saturated carbocycles. The van der Waals surface area contributed by atoms with Crippen LogP contribution in [0.5, 0.6) is 5.75 Å². The van der Waals surface area contributed by atoms with E-state index in [9.17, 15) is 8.78 Å². The van der Waals surface area contributed by atoms with Gasteiger partial charge in [-0.1, -0.05) is 41.1 Å². The molecule has 0 fully saturated rings. The second-order valence-corrected chi connectivity index (χ2v) is 5.38. The van der Waals surface area contributed by atoms with Crippen LogP contribution in [0.3, 0.4) is 0 Å². The van der Waals surface area contributed by atoms with E-state index in [-0.39, 0.29) is 16.5 Å². The fourth-order valence-electron chi connectivity index (χ4n) is 1.95. The van der Waals surface area contributed by atoms with E-state index < -0.39 is 6.61 Å². The zero-order valence-electron chi connectivity index (χ0n) is 10.8. The fourth-order valence-corrected chi connectivity index (χ4v) is 2.50. The maximum Gasteiger partial charge on any atom is 0.387 e. The van der Waals surface area contributed by atoms with Gasteiger partial charge < -0.3 is 4.74 Å². The quantitative estimate of drug-likeness (QED) is 0.720. The number of halogens is 3. The minimum Gasteiger partial charge on any atom is -0.435 e. The van der Waals surface area contributed by atoms with Crippen LogP contribution >= 0.6 is 15.9 Å². The average molecular weight is 342 g/mol. The first-order valence-corrected chi connectivity index (χ1v) is 7.09. The molecule has 0 radical (unpaired) electrons. The number of benzene rings is 1. The van der Waals surface area contributed by atoms with Gasteiger partial charge in [-0.3, -0.25) is 4.98 Å². The van der Waals surface area contributed by atoms with Crippen molar-refractivity contribution < 1.29 is 13.5 Å². The Hall–Kier alpha value is -1.49. The first-order chi connectivity index (χ1) is 9.58. The zero-order valence-corrected chi connectivity index (χ0v) is 12.4. The molecule has 0 aliphatic carbocycles. The summed E-state index contributed by atoms with van der Waals surface area (Å²) in [4.78, 5) is 4.29. The van der Waals surface area contributed by atoms with Gasteiger partial charge in [0.05, 0.1) is 0 Å². The molecule has 20 heavy (non-hydrogen) atoms. The average Bonchev–Trinajstić information content (AvgIpc) is 2.46. The lowest BCUT2D eigenvalue weighted by atomic mass is 9.97. The van der Waals surface area contributed by atoms with E-state index >= 15 is 0 Å². The lowest BCUT2D eigenvalue weighted by molar-refractivity contribution is -0.0498. The predicted octanol–water partition coefficient (Wildman–Crippen LogP) is 4.92. The molecule has 2 nitrogen and oxygen atoms in total. The molecule has 1 heterocycles. The van der Waals surface area contributed by atoms with Crippen molar-refractivity contribution in [3.05, 3.63) is 59.9 Å². The summed E-state index contributed by atoms with van der Waals surface area (Å²) in [6.45, 7) is -0.783. The van der Waals surface area contributed by atoms with Crippen molar-refractivity contribution in [2.24, 2.45) is 0 Å². The largest absolute Gasteiger partial charge is 0.435 e. The Morgan fingerprint density at radius 1 is 1.15 bits per heavy atom. The maximum atomic E-state index is 12.2. The van der Waals surface area contributed by atoms with Crippen molar-refractivity contribution >= 4 is 15.9 Å². The van der Waals surface area contributed by atoms with Gasteiger partial charge >= 0.3 is 6.61 Å².